The molecule has 2 N–H and O–H groups in total. The van der Waals surface area contributed by atoms with Gasteiger partial charge >= 0.3 is 0 Å². The highest BCUT2D eigenvalue weighted by molar-refractivity contribution is 6.33. The Bertz CT molecular complexity index is 1290. The lowest BCUT2D eigenvalue weighted by Gasteiger charge is -2.10. The fourth-order valence-electron chi connectivity index (χ4n) is 2.88. The number of anilines is 3. The van der Waals surface area contributed by atoms with E-state index in [1.807, 2.05) is 38.1 Å². The summed E-state index contributed by atoms with van der Waals surface area (Å²) in [4.78, 5) is 17.0. The summed E-state index contributed by atoms with van der Waals surface area (Å²) < 4.78 is 14.6. The third kappa shape index (κ3) is 5.60. The number of nitrogens with zero attached hydrogens (tertiary/aromatic N) is 5. The lowest BCUT2D eigenvalue weighted by atomic mass is 10.1. The summed E-state index contributed by atoms with van der Waals surface area (Å²) in [5, 5.41) is 7.89. The molecule has 2 aromatic carbocycles. The molecule has 0 aliphatic rings. The van der Waals surface area contributed by atoms with E-state index in [-0.39, 0.29) is 28.3 Å². The van der Waals surface area contributed by atoms with E-state index in [4.69, 9.17) is 23.2 Å². The average Bonchev–Trinajstić information content (AvgIpc) is 2.79. The Balaban J connectivity index is 1.71. The molecule has 2 heterocycles. The van der Waals surface area contributed by atoms with Crippen molar-refractivity contribution in [1.29, 1.82) is 0 Å². The van der Waals surface area contributed by atoms with E-state index in [0.29, 0.717) is 10.8 Å². The summed E-state index contributed by atoms with van der Waals surface area (Å²) >= 11 is 12.1. The van der Waals surface area contributed by atoms with Crippen molar-refractivity contribution in [1.82, 2.24) is 19.9 Å². The van der Waals surface area contributed by atoms with Gasteiger partial charge in [0.2, 0.25) is 11.9 Å². The molecule has 0 unspecified atom stereocenters. The first kappa shape index (κ1) is 22.6. The molecule has 2 aromatic heterocycles. The highest BCUT2D eigenvalue weighted by atomic mass is 35.5. The summed E-state index contributed by atoms with van der Waals surface area (Å²) in [6.07, 6.45) is 1.52. The van der Waals surface area contributed by atoms with Crippen molar-refractivity contribution in [3.05, 3.63) is 87.9 Å². The van der Waals surface area contributed by atoms with Crippen molar-refractivity contribution in [2.75, 3.05) is 10.7 Å². The molecule has 0 fully saturated rings. The molecule has 0 radical (unpaired) electrons. The van der Waals surface area contributed by atoms with Gasteiger partial charge in [0.15, 0.2) is 5.82 Å². The average molecular weight is 482 g/mol. The highest BCUT2D eigenvalue weighted by Crippen LogP contribution is 2.29. The number of rotatable bonds is 6. The van der Waals surface area contributed by atoms with Crippen molar-refractivity contribution >= 4 is 46.5 Å². The van der Waals surface area contributed by atoms with Gasteiger partial charge in [0.25, 0.3) is 0 Å². The van der Waals surface area contributed by atoms with E-state index in [9.17, 15) is 4.39 Å². The van der Waals surface area contributed by atoms with E-state index in [0.717, 1.165) is 16.8 Å². The van der Waals surface area contributed by atoms with Crippen LogP contribution in [0.15, 0.2) is 65.9 Å². The zero-order valence-electron chi connectivity index (χ0n) is 17.6. The summed E-state index contributed by atoms with van der Waals surface area (Å²) in [6, 6.07) is 15.6. The Morgan fingerprint density at radius 2 is 1.70 bits per heavy atom. The number of pyridine rings is 1. The fraction of sp³-hybridized carbons (Fsp3) is 0.0870. The van der Waals surface area contributed by atoms with Gasteiger partial charge in [-0.15, -0.1) is 0 Å². The van der Waals surface area contributed by atoms with Crippen molar-refractivity contribution < 1.29 is 4.39 Å². The van der Waals surface area contributed by atoms with Crippen LogP contribution in [-0.2, 0) is 0 Å². The maximum absolute atomic E-state index is 14.6. The molecular weight excluding hydrogens is 464 g/mol. The van der Waals surface area contributed by atoms with Crippen LogP contribution in [0.1, 0.15) is 18.1 Å². The Kier molecular flexibility index (Phi) is 6.76. The Morgan fingerprint density at radius 3 is 2.39 bits per heavy atom. The van der Waals surface area contributed by atoms with Gasteiger partial charge in [0.1, 0.15) is 11.0 Å². The SMILES string of the molecule is C/C(=N\Nc1nc(Nc2ccc(Cl)nc2)nc(-c2c(F)cccc2Cl)n1)c1ccc(C)cc1. The summed E-state index contributed by atoms with van der Waals surface area (Å²) in [6.45, 7) is 3.87. The number of hydrogen-bond acceptors (Lipinski definition) is 7. The molecule has 0 saturated carbocycles. The number of aryl methyl sites for hydroxylation is 1. The van der Waals surface area contributed by atoms with Crippen molar-refractivity contribution in [3.63, 3.8) is 0 Å². The predicted octanol–water partition coefficient (Wildman–Crippen LogP) is 6.27. The quantitative estimate of drug-likeness (QED) is 0.191. The van der Waals surface area contributed by atoms with Gasteiger partial charge in [0.05, 0.1) is 28.2 Å². The van der Waals surface area contributed by atoms with E-state index < -0.39 is 5.82 Å². The van der Waals surface area contributed by atoms with Crippen LogP contribution < -0.4 is 10.7 Å². The van der Waals surface area contributed by atoms with E-state index in [2.05, 4.69) is 35.8 Å². The number of nitrogens with one attached hydrogen (secondary N) is 2. The smallest absolute Gasteiger partial charge is 0.248 e. The van der Waals surface area contributed by atoms with Crippen molar-refractivity contribution in [2.45, 2.75) is 13.8 Å². The zero-order valence-corrected chi connectivity index (χ0v) is 19.2. The zero-order chi connectivity index (χ0) is 23.4. The number of aromatic nitrogens is 4. The van der Waals surface area contributed by atoms with Gasteiger partial charge in [0, 0.05) is 0 Å². The van der Waals surface area contributed by atoms with Crippen LogP contribution >= 0.6 is 23.2 Å². The summed E-state index contributed by atoms with van der Waals surface area (Å²) in [7, 11) is 0. The number of halogens is 3. The van der Waals surface area contributed by atoms with Crippen LogP contribution in [0, 0.1) is 12.7 Å². The Labute approximate surface area is 199 Å². The number of hydrogen-bond donors (Lipinski definition) is 2. The second-order valence-corrected chi connectivity index (χ2v) is 7.87. The third-order valence-electron chi connectivity index (χ3n) is 4.60. The molecule has 0 atom stereocenters. The minimum atomic E-state index is -0.557. The number of benzene rings is 2. The van der Waals surface area contributed by atoms with Gasteiger partial charge in [-0.2, -0.15) is 20.1 Å². The largest absolute Gasteiger partial charge is 0.323 e. The van der Waals surface area contributed by atoms with Gasteiger partial charge in [-0.1, -0.05) is 59.1 Å². The normalized spacial score (nSPS) is 11.4. The Hall–Kier alpha value is -3.62. The van der Waals surface area contributed by atoms with Gasteiger partial charge < -0.3 is 5.32 Å². The first-order valence-electron chi connectivity index (χ1n) is 9.85. The molecule has 10 heteroatoms. The standard InChI is InChI=1S/C23H18Cl2FN7/c1-13-6-8-15(9-7-13)14(2)32-33-23-30-21(20-17(24)4-3-5-18(20)26)29-22(31-23)28-16-10-11-19(25)27-12-16/h3-12H,1-2H3,(H2,28,29,30,31,33)/b32-14+. The van der Waals surface area contributed by atoms with Crippen molar-refractivity contribution in [3.8, 4) is 11.4 Å². The fourth-order valence-corrected chi connectivity index (χ4v) is 3.24. The van der Waals surface area contributed by atoms with E-state index in [1.165, 1.54) is 18.3 Å². The first-order valence-corrected chi connectivity index (χ1v) is 10.6. The topological polar surface area (TPSA) is 88.0 Å². The second-order valence-electron chi connectivity index (χ2n) is 7.07. The van der Waals surface area contributed by atoms with Gasteiger partial charge in [-0.05, 0) is 43.7 Å². The Morgan fingerprint density at radius 1 is 0.939 bits per heavy atom. The molecule has 0 amide bonds. The van der Waals surface area contributed by atoms with Crippen LogP contribution in [0.3, 0.4) is 0 Å². The molecule has 0 aliphatic carbocycles. The lowest BCUT2D eigenvalue weighted by molar-refractivity contribution is 0.630. The third-order valence-corrected chi connectivity index (χ3v) is 5.14. The van der Waals surface area contributed by atoms with Crippen molar-refractivity contribution in [2.24, 2.45) is 5.10 Å². The molecule has 0 saturated heterocycles. The number of hydrazone groups is 1. The molecule has 0 spiro atoms. The first-order chi connectivity index (χ1) is 15.9. The van der Waals surface area contributed by atoms with E-state index in [1.54, 1.807) is 18.2 Å². The maximum atomic E-state index is 14.6. The minimum absolute atomic E-state index is 0.0446. The van der Waals surface area contributed by atoms with Crippen LogP contribution in [0.5, 0.6) is 0 Å². The molecule has 166 valence electrons. The van der Waals surface area contributed by atoms with E-state index >= 15 is 0 Å². The molecule has 7 nitrogen and oxygen atoms in total. The van der Waals surface area contributed by atoms with Crippen LogP contribution in [0.4, 0.5) is 22.0 Å². The molecule has 4 aromatic rings. The van der Waals surface area contributed by atoms with Gasteiger partial charge in [-0.3, -0.25) is 0 Å². The molecular formula is C23H18Cl2FN7. The molecule has 0 aliphatic heterocycles. The summed E-state index contributed by atoms with van der Waals surface area (Å²) in [5.74, 6) is -0.259. The summed E-state index contributed by atoms with van der Waals surface area (Å²) in [5.41, 5.74) is 6.27. The maximum Gasteiger partial charge on any atom is 0.248 e. The predicted molar refractivity (Wildman–Crippen MR) is 130 cm³/mol. The van der Waals surface area contributed by atoms with Crippen LogP contribution in [0.2, 0.25) is 10.2 Å². The highest BCUT2D eigenvalue weighted by Gasteiger charge is 2.16. The minimum Gasteiger partial charge on any atom is -0.323 e. The molecule has 33 heavy (non-hydrogen) atoms. The molecule has 4 rings (SSSR count). The second kappa shape index (κ2) is 9.89. The molecule has 0 bridgehead atoms. The van der Waals surface area contributed by atoms with Crippen LogP contribution in [0.25, 0.3) is 11.4 Å². The van der Waals surface area contributed by atoms with Gasteiger partial charge in [-0.25, -0.2) is 14.8 Å². The lowest BCUT2D eigenvalue weighted by Crippen LogP contribution is -2.08. The monoisotopic (exact) mass is 481 g/mol. The van der Waals surface area contributed by atoms with Crippen LogP contribution in [-0.4, -0.2) is 25.6 Å².